The van der Waals surface area contributed by atoms with Gasteiger partial charge in [0.15, 0.2) is 0 Å². The molecule has 0 aliphatic carbocycles. The van der Waals surface area contributed by atoms with Crippen LogP contribution in [0.3, 0.4) is 0 Å². The Morgan fingerprint density at radius 2 is 2.11 bits per heavy atom. The molecule has 0 aliphatic rings. The average Bonchev–Trinajstić information content (AvgIpc) is 2.37. The van der Waals surface area contributed by atoms with E-state index in [0.717, 1.165) is 22.7 Å². The number of nitrogen functional groups attached to an aromatic ring is 1. The number of anilines is 1. The van der Waals surface area contributed by atoms with Gasteiger partial charge >= 0.3 is 0 Å². The van der Waals surface area contributed by atoms with Crippen LogP contribution in [0.15, 0.2) is 23.1 Å². The van der Waals surface area contributed by atoms with Gasteiger partial charge in [0.05, 0.1) is 5.56 Å². The molecule has 1 rings (SSSR count). The van der Waals surface area contributed by atoms with Gasteiger partial charge in [0, 0.05) is 24.2 Å². The molecule has 0 atom stereocenters. The van der Waals surface area contributed by atoms with E-state index in [1.54, 1.807) is 11.8 Å². The van der Waals surface area contributed by atoms with Crippen molar-refractivity contribution in [1.29, 1.82) is 5.41 Å². The van der Waals surface area contributed by atoms with Crippen molar-refractivity contribution < 1.29 is 0 Å². The molecule has 0 saturated carbocycles. The second-order valence-electron chi connectivity index (χ2n) is 4.40. The van der Waals surface area contributed by atoms with Gasteiger partial charge in [-0.25, -0.2) is 0 Å². The van der Waals surface area contributed by atoms with Crippen molar-refractivity contribution in [3.05, 3.63) is 23.8 Å². The Hall–Kier alpha value is -1.16. The van der Waals surface area contributed by atoms with Crippen LogP contribution in [0.25, 0.3) is 0 Å². The SMILES string of the molecule is CCCCCN(C)c1cccc(SC)c1C(=N)N. The fourth-order valence-corrected chi connectivity index (χ4v) is 2.63. The van der Waals surface area contributed by atoms with Crippen molar-refractivity contribution in [2.45, 2.75) is 31.1 Å². The third-order valence-corrected chi connectivity index (χ3v) is 3.78. The highest BCUT2D eigenvalue weighted by atomic mass is 32.2. The quantitative estimate of drug-likeness (QED) is 0.344. The van der Waals surface area contributed by atoms with Gasteiger partial charge in [-0.3, -0.25) is 5.41 Å². The van der Waals surface area contributed by atoms with Crippen LogP contribution in [-0.2, 0) is 0 Å². The normalized spacial score (nSPS) is 10.4. The van der Waals surface area contributed by atoms with Gasteiger partial charge in [0.25, 0.3) is 0 Å². The predicted molar refractivity (Wildman–Crippen MR) is 82.0 cm³/mol. The zero-order valence-corrected chi connectivity index (χ0v) is 12.3. The average molecular weight is 265 g/mol. The van der Waals surface area contributed by atoms with Crippen molar-refractivity contribution in [3.8, 4) is 0 Å². The first-order chi connectivity index (χ1) is 8.61. The third kappa shape index (κ3) is 3.67. The highest BCUT2D eigenvalue weighted by Crippen LogP contribution is 2.28. The number of thioether (sulfide) groups is 1. The lowest BCUT2D eigenvalue weighted by Gasteiger charge is -2.23. The van der Waals surface area contributed by atoms with E-state index in [0.29, 0.717) is 0 Å². The molecule has 1 aromatic rings. The van der Waals surface area contributed by atoms with Crippen LogP contribution in [0.5, 0.6) is 0 Å². The topological polar surface area (TPSA) is 53.1 Å². The number of nitrogens with zero attached hydrogens (tertiary/aromatic N) is 1. The maximum absolute atomic E-state index is 7.76. The summed E-state index contributed by atoms with van der Waals surface area (Å²) in [5.41, 5.74) is 7.65. The van der Waals surface area contributed by atoms with Crippen LogP contribution in [0, 0.1) is 5.41 Å². The van der Waals surface area contributed by atoms with Crippen molar-refractivity contribution in [2.24, 2.45) is 5.73 Å². The summed E-state index contributed by atoms with van der Waals surface area (Å²) in [6, 6.07) is 6.09. The van der Waals surface area contributed by atoms with Gasteiger partial charge in [-0.1, -0.05) is 25.8 Å². The van der Waals surface area contributed by atoms with Crippen LogP contribution in [-0.4, -0.2) is 25.7 Å². The van der Waals surface area contributed by atoms with Gasteiger partial charge in [0.1, 0.15) is 5.84 Å². The minimum absolute atomic E-state index is 0.150. The molecule has 0 saturated heterocycles. The number of amidine groups is 1. The molecular weight excluding hydrogens is 242 g/mol. The van der Waals surface area contributed by atoms with Gasteiger partial charge < -0.3 is 10.6 Å². The van der Waals surface area contributed by atoms with Crippen LogP contribution >= 0.6 is 11.8 Å². The summed E-state index contributed by atoms with van der Waals surface area (Å²) in [7, 11) is 2.07. The van der Waals surface area contributed by atoms with Gasteiger partial charge in [-0.05, 0) is 24.8 Å². The number of hydrogen-bond acceptors (Lipinski definition) is 3. The molecule has 1 aromatic carbocycles. The van der Waals surface area contributed by atoms with Crippen LogP contribution < -0.4 is 10.6 Å². The lowest BCUT2D eigenvalue weighted by molar-refractivity contribution is 0.704. The van der Waals surface area contributed by atoms with Crippen molar-refractivity contribution in [3.63, 3.8) is 0 Å². The largest absolute Gasteiger partial charge is 0.384 e. The molecule has 100 valence electrons. The monoisotopic (exact) mass is 265 g/mol. The standard InChI is InChI=1S/C14H23N3S/c1-4-5-6-10-17(2)11-8-7-9-12(18-3)13(11)14(15)16/h7-9H,4-6,10H2,1-3H3,(H3,15,16). The smallest absolute Gasteiger partial charge is 0.126 e. The van der Waals surface area contributed by atoms with Gasteiger partial charge in [-0.15, -0.1) is 11.8 Å². The Kier molecular flexibility index (Phi) is 6.05. The summed E-state index contributed by atoms with van der Waals surface area (Å²) in [6.45, 7) is 3.21. The second kappa shape index (κ2) is 7.31. The molecule has 0 heterocycles. The van der Waals surface area contributed by atoms with Crippen LogP contribution in [0.2, 0.25) is 0 Å². The molecule has 0 radical (unpaired) electrons. The Labute approximate surface area is 114 Å². The second-order valence-corrected chi connectivity index (χ2v) is 5.24. The van der Waals surface area contributed by atoms with Crippen molar-refractivity contribution in [1.82, 2.24) is 0 Å². The molecule has 3 nitrogen and oxygen atoms in total. The van der Waals surface area contributed by atoms with Crippen LogP contribution in [0.1, 0.15) is 31.7 Å². The van der Waals surface area contributed by atoms with Gasteiger partial charge in [-0.2, -0.15) is 0 Å². The summed E-state index contributed by atoms with van der Waals surface area (Å²) in [4.78, 5) is 3.27. The number of hydrogen-bond donors (Lipinski definition) is 2. The maximum Gasteiger partial charge on any atom is 0.126 e. The van der Waals surface area contributed by atoms with E-state index in [2.05, 4.69) is 18.9 Å². The molecule has 18 heavy (non-hydrogen) atoms. The van der Waals surface area contributed by atoms with Crippen molar-refractivity contribution >= 4 is 23.3 Å². The van der Waals surface area contributed by atoms with Gasteiger partial charge in [0.2, 0.25) is 0 Å². The Morgan fingerprint density at radius 1 is 1.39 bits per heavy atom. The molecule has 0 unspecified atom stereocenters. The zero-order valence-electron chi connectivity index (χ0n) is 11.5. The minimum Gasteiger partial charge on any atom is -0.384 e. The maximum atomic E-state index is 7.76. The Morgan fingerprint density at radius 3 is 2.67 bits per heavy atom. The zero-order chi connectivity index (χ0) is 13.5. The molecule has 4 heteroatoms. The minimum atomic E-state index is 0.150. The molecule has 0 bridgehead atoms. The number of benzene rings is 1. The summed E-state index contributed by atoms with van der Waals surface area (Å²) in [6.07, 6.45) is 5.65. The first-order valence-electron chi connectivity index (χ1n) is 6.34. The lowest BCUT2D eigenvalue weighted by Crippen LogP contribution is -2.24. The molecule has 0 spiro atoms. The molecule has 0 aliphatic heterocycles. The van der Waals surface area contributed by atoms with Crippen LogP contribution in [0.4, 0.5) is 5.69 Å². The molecule has 3 N–H and O–H groups in total. The molecule has 0 aromatic heterocycles. The fourth-order valence-electron chi connectivity index (χ4n) is 2.00. The van der Waals surface area contributed by atoms with E-state index in [-0.39, 0.29) is 5.84 Å². The van der Waals surface area contributed by atoms with E-state index in [4.69, 9.17) is 11.1 Å². The van der Waals surface area contributed by atoms with Crippen molar-refractivity contribution in [2.75, 3.05) is 24.7 Å². The van der Waals surface area contributed by atoms with E-state index in [1.165, 1.54) is 19.3 Å². The summed E-state index contributed by atoms with van der Waals surface area (Å²) < 4.78 is 0. The first-order valence-corrected chi connectivity index (χ1v) is 7.56. The van der Waals surface area contributed by atoms with E-state index < -0.39 is 0 Å². The highest BCUT2D eigenvalue weighted by molar-refractivity contribution is 7.98. The number of unbranched alkanes of at least 4 members (excludes halogenated alkanes) is 2. The van der Waals surface area contributed by atoms with E-state index in [1.807, 2.05) is 24.5 Å². The number of nitrogens with two attached hydrogens (primary N) is 1. The third-order valence-electron chi connectivity index (χ3n) is 3.00. The fraction of sp³-hybridized carbons (Fsp3) is 0.500. The Balaban J connectivity index is 2.96. The number of rotatable bonds is 7. The highest BCUT2D eigenvalue weighted by Gasteiger charge is 2.13. The predicted octanol–water partition coefficient (Wildman–Crippen LogP) is 3.32. The lowest BCUT2D eigenvalue weighted by atomic mass is 10.1. The summed E-state index contributed by atoms with van der Waals surface area (Å²) in [5.74, 6) is 0.150. The first kappa shape index (κ1) is 14.9. The Bertz CT molecular complexity index is 404. The number of nitrogens with one attached hydrogen (secondary N) is 1. The van der Waals surface area contributed by atoms with E-state index >= 15 is 0 Å². The summed E-state index contributed by atoms with van der Waals surface area (Å²) in [5, 5.41) is 7.76. The molecular formula is C14H23N3S. The molecule has 0 amide bonds. The molecule has 0 fully saturated rings. The van der Waals surface area contributed by atoms with E-state index in [9.17, 15) is 0 Å². The summed E-state index contributed by atoms with van der Waals surface area (Å²) >= 11 is 1.64.